The average molecular weight is 412 g/mol. The molecule has 0 aliphatic carbocycles. The fourth-order valence-electron chi connectivity index (χ4n) is 2.53. The van der Waals surface area contributed by atoms with Crippen LogP contribution in [0.15, 0.2) is 41.2 Å². The second-order valence-electron chi connectivity index (χ2n) is 5.59. The fourth-order valence-corrected chi connectivity index (χ4v) is 2.53. The van der Waals surface area contributed by atoms with Gasteiger partial charge in [-0.2, -0.15) is 0 Å². The highest BCUT2D eigenvalue weighted by atomic mass is 19.2. The third-order valence-electron chi connectivity index (χ3n) is 3.88. The van der Waals surface area contributed by atoms with Crippen LogP contribution in [0.3, 0.4) is 0 Å². The maximum atomic E-state index is 14.7. The van der Waals surface area contributed by atoms with Gasteiger partial charge < -0.3 is 19.6 Å². The molecule has 1 amide bonds. The van der Waals surface area contributed by atoms with Crippen LogP contribution in [0.2, 0.25) is 0 Å². The maximum Gasteiger partial charge on any atom is 0.339 e. The largest absolute Gasteiger partial charge is 0.497 e. The molecule has 10 heteroatoms. The van der Waals surface area contributed by atoms with Crippen LogP contribution < -0.4 is 10.1 Å². The summed E-state index contributed by atoms with van der Waals surface area (Å²) in [6, 6.07) is 4.20. The van der Waals surface area contributed by atoms with E-state index in [9.17, 15) is 27.2 Å². The normalized spacial score (nSPS) is 12.6. The van der Waals surface area contributed by atoms with Gasteiger partial charge in [0.15, 0.2) is 23.3 Å². The van der Waals surface area contributed by atoms with Gasteiger partial charge in [-0.25, -0.2) is 22.4 Å². The van der Waals surface area contributed by atoms with Gasteiger partial charge >= 0.3 is 5.97 Å². The molecular weight excluding hydrogens is 398 g/mol. The van der Waals surface area contributed by atoms with Crippen molar-refractivity contribution in [2.75, 3.05) is 12.4 Å². The van der Waals surface area contributed by atoms with Gasteiger partial charge in [-0.1, -0.05) is 12.1 Å². The summed E-state index contributed by atoms with van der Waals surface area (Å²) < 4.78 is 88.8. The lowest BCUT2D eigenvalue weighted by Gasteiger charge is -2.13. The lowest BCUT2D eigenvalue weighted by Crippen LogP contribution is -2.18. The first kappa shape index (κ1) is 16.2. The zero-order chi connectivity index (χ0) is 23.8. The number of hydrogen-bond donors (Lipinski definition) is 2. The number of furan rings is 1. The standard InChI is InChI=1S/C19H11F4NO5/c1-28-9-4-2-3-8(5-9)12-13(20)15(22)17(16(23)14(12)21)24-18(25)10-6-29-7-11(10)19(26)27/h2-7H,1H3,(H,24,25)(H,26,27)/i1D3. The minimum Gasteiger partial charge on any atom is -0.497 e. The number of carbonyl (C=O) groups excluding carboxylic acids is 1. The molecule has 0 aliphatic heterocycles. The van der Waals surface area contributed by atoms with Gasteiger partial charge in [0.1, 0.15) is 29.5 Å². The second-order valence-corrected chi connectivity index (χ2v) is 5.59. The predicted molar refractivity (Wildman–Crippen MR) is 91.9 cm³/mol. The van der Waals surface area contributed by atoms with Gasteiger partial charge in [-0.3, -0.25) is 4.79 Å². The molecule has 1 heterocycles. The van der Waals surface area contributed by atoms with Crippen LogP contribution in [0.5, 0.6) is 5.75 Å². The summed E-state index contributed by atoms with van der Waals surface area (Å²) in [6.07, 6.45) is 1.36. The smallest absolute Gasteiger partial charge is 0.339 e. The minimum absolute atomic E-state index is 0.347. The zero-order valence-electron chi connectivity index (χ0n) is 17.1. The Balaban J connectivity index is 2.04. The van der Waals surface area contributed by atoms with Crippen molar-refractivity contribution in [3.63, 3.8) is 0 Å². The Hall–Kier alpha value is -3.82. The van der Waals surface area contributed by atoms with E-state index in [-0.39, 0.29) is 5.75 Å². The monoisotopic (exact) mass is 412 g/mol. The number of carbonyl (C=O) groups is 2. The van der Waals surface area contributed by atoms with Crippen molar-refractivity contribution in [3.8, 4) is 16.9 Å². The Morgan fingerprint density at radius 3 is 2.34 bits per heavy atom. The molecule has 0 bridgehead atoms. The Labute approximate surface area is 164 Å². The molecule has 6 nitrogen and oxygen atoms in total. The average Bonchev–Trinajstić information content (AvgIpc) is 3.19. The molecule has 0 unspecified atom stereocenters. The topological polar surface area (TPSA) is 88.8 Å². The number of methoxy groups -OCH3 is 1. The molecule has 1 aromatic heterocycles. The number of amides is 1. The number of halogens is 4. The number of anilines is 1. The van der Waals surface area contributed by atoms with E-state index in [0.29, 0.717) is 12.5 Å². The molecule has 0 spiro atoms. The first-order valence-corrected chi connectivity index (χ1v) is 7.67. The van der Waals surface area contributed by atoms with E-state index in [1.54, 1.807) is 5.32 Å². The van der Waals surface area contributed by atoms with Gasteiger partial charge in [-0.05, 0) is 17.7 Å². The van der Waals surface area contributed by atoms with Crippen LogP contribution in [-0.4, -0.2) is 24.0 Å². The SMILES string of the molecule is [2H]C([2H])([2H])Oc1cccc(-c2c(F)c(F)c(NC(=O)c3cocc3C(=O)O)c(F)c2F)c1. The van der Waals surface area contributed by atoms with Gasteiger partial charge in [0.05, 0.1) is 22.3 Å². The van der Waals surface area contributed by atoms with Crippen LogP contribution in [0.1, 0.15) is 24.8 Å². The van der Waals surface area contributed by atoms with E-state index in [4.69, 9.17) is 9.22 Å². The number of benzene rings is 2. The number of hydrogen-bond acceptors (Lipinski definition) is 4. The van der Waals surface area contributed by atoms with E-state index < -0.39 is 70.1 Å². The first-order valence-electron chi connectivity index (χ1n) is 9.17. The predicted octanol–water partition coefficient (Wildman–Crippen LogP) is 4.46. The number of aromatic carboxylic acids is 1. The lowest BCUT2D eigenvalue weighted by atomic mass is 10.0. The van der Waals surface area contributed by atoms with E-state index >= 15 is 0 Å². The van der Waals surface area contributed by atoms with Gasteiger partial charge in [0.2, 0.25) is 0 Å². The highest BCUT2D eigenvalue weighted by Crippen LogP contribution is 2.36. The van der Waals surface area contributed by atoms with E-state index in [1.807, 2.05) is 0 Å². The third kappa shape index (κ3) is 3.51. The molecule has 29 heavy (non-hydrogen) atoms. The summed E-state index contributed by atoms with van der Waals surface area (Å²) in [5.74, 6) is -11.1. The number of rotatable bonds is 5. The summed E-state index contributed by atoms with van der Waals surface area (Å²) in [5.41, 5.74) is -4.41. The molecule has 0 saturated heterocycles. The quantitative estimate of drug-likeness (QED) is 0.477. The lowest BCUT2D eigenvalue weighted by molar-refractivity contribution is 0.0692. The first-order chi connectivity index (χ1) is 14.9. The molecule has 3 rings (SSSR count). The van der Waals surface area contributed by atoms with Crippen molar-refractivity contribution in [3.05, 3.63) is 71.2 Å². The zero-order valence-corrected chi connectivity index (χ0v) is 14.1. The molecule has 0 aliphatic rings. The van der Waals surface area contributed by atoms with Crippen molar-refractivity contribution >= 4 is 17.6 Å². The fraction of sp³-hybridized carbons (Fsp3) is 0.0526. The summed E-state index contributed by atoms with van der Waals surface area (Å²) in [6.45, 7) is 0. The van der Waals surface area contributed by atoms with E-state index in [2.05, 4.69) is 9.15 Å². The van der Waals surface area contributed by atoms with Gasteiger partial charge in [0.25, 0.3) is 5.91 Å². The Morgan fingerprint density at radius 2 is 1.72 bits per heavy atom. The molecule has 0 saturated carbocycles. The molecular formula is C19H11F4NO5. The third-order valence-corrected chi connectivity index (χ3v) is 3.88. The second kappa shape index (κ2) is 7.66. The summed E-state index contributed by atoms with van der Waals surface area (Å²) in [5, 5.41) is 10.6. The highest BCUT2D eigenvalue weighted by Gasteiger charge is 2.29. The van der Waals surface area contributed by atoms with Crippen molar-refractivity contribution in [2.45, 2.75) is 0 Å². The highest BCUT2D eigenvalue weighted by molar-refractivity contribution is 6.10. The van der Waals surface area contributed by atoms with Crippen molar-refractivity contribution in [2.24, 2.45) is 0 Å². The number of nitrogens with one attached hydrogen (secondary N) is 1. The van der Waals surface area contributed by atoms with Crippen LogP contribution in [0.25, 0.3) is 11.1 Å². The molecule has 2 aromatic carbocycles. The Kier molecular flexibility index (Phi) is 4.27. The molecule has 0 atom stereocenters. The summed E-state index contributed by atoms with van der Waals surface area (Å²) in [4.78, 5) is 23.2. The maximum absolute atomic E-state index is 14.7. The number of carboxylic acid groups (broad SMARTS) is 1. The Morgan fingerprint density at radius 1 is 1.07 bits per heavy atom. The van der Waals surface area contributed by atoms with Gasteiger partial charge in [0, 0.05) is 0 Å². The van der Waals surface area contributed by atoms with Crippen LogP contribution >= 0.6 is 0 Å². The van der Waals surface area contributed by atoms with Crippen molar-refractivity contribution in [1.82, 2.24) is 0 Å². The molecule has 2 N–H and O–H groups in total. The van der Waals surface area contributed by atoms with E-state index in [1.165, 1.54) is 0 Å². The van der Waals surface area contributed by atoms with Crippen molar-refractivity contribution in [1.29, 1.82) is 0 Å². The molecule has 0 radical (unpaired) electrons. The van der Waals surface area contributed by atoms with Crippen molar-refractivity contribution < 1.29 is 45.5 Å². The van der Waals surface area contributed by atoms with Crippen LogP contribution in [-0.2, 0) is 0 Å². The number of ether oxygens (including phenoxy) is 1. The Bertz CT molecular complexity index is 1200. The molecule has 0 fully saturated rings. The van der Waals surface area contributed by atoms with Crippen LogP contribution in [0.4, 0.5) is 23.2 Å². The summed E-state index contributed by atoms with van der Waals surface area (Å²) in [7, 11) is -2.89. The number of carboxylic acids is 1. The summed E-state index contributed by atoms with van der Waals surface area (Å²) >= 11 is 0. The van der Waals surface area contributed by atoms with Gasteiger partial charge in [-0.15, -0.1) is 0 Å². The van der Waals surface area contributed by atoms with Crippen LogP contribution in [0, 0.1) is 23.3 Å². The molecule has 3 aromatic rings. The molecule has 150 valence electrons. The van der Waals surface area contributed by atoms with E-state index in [0.717, 1.165) is 24.3 Å². The minimum atomic E-state index is -2.89.